The molecule has 3 heteroatoms. The predicted octanol–water partition coefficient (Wildman–Crippen LogP) is 3.84. The van der Waals surface area contributed by atoms with Crippen LogP contribution in [0.5, 0.6) is 5.75 Å². The van der Waals surface area contributed by atoms with Gasteiger partial charge in [0.2, 0.25) is 0 Å². The van der Waals surface area contributed by atoms with E-state index in [2.05, 4.69) is 32.2 Å². The third kappa shape index (κ3) is 3.87. The highest BCUT2D eigenvalue weighted by atomic mass is 35.5. The van der Waals surface area contributed by atoms with E-state index < -0.39 is 0 Å². The van der Waals surface area contributed by atoms with Gasteiger partial charge >= 0.3 is 0 Å². The molecule has 0 spiro atoms. The van der Waals surface area contributed by atoms with Crippen LogP contribution in [0.15, 0.2) is 12.1 Å². The molecule has 0 saturated carbocycles. The number of ether oxygens (including phenoxy) is 1. The van der Waals surface area contributed by atoms with E-state index in [0.717, 1.165) is 49.7 Å². The summed E-state index contributed by atoms with van der Waals surface area (Å²) in [5.41, 5.74) is 2.83. The summed E-state index contributed by atoms with van der Waals surface area (Å²) in [6.45, 7) is 9.63. The molecule has 1 aliphatic heterocycles. The quantitative estimate of drug-likeness (QED) is 0.855. The van der Waals surface area contributed by atoms with Crippen molar-refractivity contribution < 1.29 is 4.74 Å². The zero-order valence-corrected chi connectivity index (χ0v) is 12.9. The van der Waals surface area contributed by atoms with Gasteiger partial charge in [0.1, 0.15) is 5.75 Å². The van der Waals surface area contributed by atoms with Crippen molar-refractivity contribution in [2.75, 3.05) is 19.7 Å². The van der Waals surface area contributed by atoms with Crippen molar-refractivity contribution in [2.45, 2.75) is 40.0 Å². The molecule has 0 aromatic heterocycles. The molecule has 0 fully saturated rings. The lowest BCUT2D eigenvalue weighted by molar-refractivity contribution is 0.313. The third-order valence-corrected chi connectivity index (χ3v) is 3.97. The number of fused-ring (bicyclic) bond motifs is 1. The van der Waals surface area contributed by atoms with E-state index in [0.29, 0.717) is 5.41 Å². The van der Waals surface area contributed by atoms with E-state index in [1.807, 2.05) is 6.07 Å². The molecule has 1 aromatic rings. The highest BCUT2D eigenvalue weighted by molar-refractivity contribution is 6.30. The maximum Gasteiger partial charge on any atom is 0.125 e. The molecule has 1 aliphatic rings. The first-order valence-corrected chi connectivity index (χ1v) is 7.54. The fourth-order valence-electron chi connectivity index (χ4n) is 2.56. The number of nitrogens with one attached hydrogen (secondary N) is 1. The van der Waals surface area contributed by atoms with Gasteiger partial charge in [0.25, 0.3) is 0 Å². The Balaban J connectivity index is 2.04. The van der Waals surface area contributed by atoms with E-state index in [1.165, 1.54) is 11.1 Å². The summed E-state index contributed by atoms with van der Waals surface area (Å²) in [6, 6.07) is 4.10. The minimum atomic E-state index is 0.295. The van der Waals surface area contributed by atoms with Gasteiger partial charge in [-0.3, -0.25) is 0 Å². The van der Waals surface area contributed by atoms with Crippen LogP contribution in [0.4, 0.5) is 0 Å². The van der Waals surface area contributed by atoms with Crippen molar-refractivity contribution in [3.8, 4) is 5.75 Å². The Morgan fingerprint density at radius 3 is 2.89 bits per heavy atom. The summed E-state index contributed by atoms with van der Waals surface area (Å²) in [5.74, 6) is 1.09. The Morgan fingerprint density at radius 1 is 1.37 bits per heavy atom. The molecular formula is C16H24ClNO. The lowest BCUT2D eigenvalue weighted by atomic mass is 9.85. The summed E-state index contributed by atoms with van der Waals surface area (Å²) >= 11 is 6.19. The fraction of sp³-hybridized carbons (Fsp3) is 0.625. The normalized spacial score (nSPS) is 14.3. The van der Waals surface area contributed by atoms with Gasteiger partial charge in [-0.25, -0.2) is 0 Å². The molecule has 1 aromatic carbocycles. The predicted molar refractivity (Wildman–Crippen MR) is 81.3 cm³/mol. The first-order valence-electron chi connectivity index (χ1n) is 7.16. The molecule has 0 atom stereocenters. The number of benzene rings is 1. The lowest BCUT2D eigenvalue weighted by Crippen LogP contribution is -2.29. The molecular weight excluding hydrogens is 258 g/mol. The van der Waals surface area contributed by atoms with Gasteiger partial charge in [-0.1, -0.05) is 32.4 Å². The Morgan fingerprint density at radius 2 is 2.16 bits per heavy atom. The second kappa shape index (κ2) is 6.15. The van der Waals surface area contributed by atoms with Gasteiger partial charge in [-0.05, 0) is 48.1 Å². The number of hydrogen-bond donors (Lipinski definition) is 1. The Labute approximate surface area is 121 Å². The van der Waals surface area contributed by atoms with Gasteiger partial charge in [0.05, 0.1) is 6.61 Å². The molecule has 2 rings (SSSR count). The van der Waals surface area contributed by atoms with Crippen LogP contribution in [0.1, 0.15) is 38.3 Å². The maximum absolute atomic E-state index is 6.19. The summed E-state index contributed by atoms with van der Waals surface area (Å²) in [5, 5.41) is 4.27. The summed E-state index contributed by atoms with van der Waals surface area (Å²) in [7, 11) is 0. The monoisotopic (exact) mass is 281 g/mol. The van der Waals surface area contributed by atoms with Crippen LogP contribution in [0.25, 0.3) is 0 Å². The molecule has 0 amide bonds. The molecule has 106 valence electrons. The van der Waals surface area contributed by atoms with Crippen molar-refractivity contribution in [3.63, 3.8) is 0 Å². The summed E-state index contributed by atoms with van der Waals surface area (Å²) in [6.07, 6.45) is 3.15. The van der Waals surface area contributed by atoms with Crippen LogP contribution in [-0.4, -0.2) is 19.7 Å². The van der Waals surface area contributed by atoms with Crippen LogP contribution >= 0.6 is 11.6 Å². The molecule has 0 aliphatic carbocycles. The average molecular weight is 282 g/mol. The van der Waals surface area contributed by atoms with Crippen molar-refractivity contribution in [3.05, 3.63) is 28.3 Å². The van der Waals surface area contributed by atoms with Gasteiger partial charge in [-0.15, -0.1) is 0 Å². The van der Waals surface area contributed by atoms with Gasteiger partial charge in [-0.2, -0.15) is 0 Å². The smallest absolute Gasteiger partial charge is 0.125 e. The summed E-state index contributed by atoms with van der Waals surface area (Å²) in [4.78, 5) is 0. The Hall–Kier alpha value is -0.730. The molecule has 2 nitrogen and oxygen atoms in total. The van der Waals surface area contributed by atoms with E-state index >= 15 is 0 Å². The van der Waals surface area contributed by atoms with E-state index in [9.17, 15) is 0 Å². The zero-order valence-electron chi connectivity index (χ0n) is 12.2. The van der Waals surface area contributed by atoms with Crippen LogP contribution < -0.4 is 10.1 Å². The maximum atomic E-state index is 6.19. The first-order chi connectivity index (χ1) is 9.02. The fourth-order valence-corrected chi connectivity index (χ4v) is 2.82. The van der Waals surface area contributed by atoms with Crippen LogP contribution in [0, 0.1) is 5.41 Å². The second-order valence-electron chi connectivity index (χ2n) is 6.10. The number of hydrogen-bond acceptors (Lipinski definition) is 2. The molecule has 0 radical (unpaired) electrons. The average Bonchev–Trinajstić information content (AvgIpc) is 2.81. The number of aryl methyl sites for hydroxylation is 1. The second-order valence-corrected chi connectivity index (χ2v) is 6.53. The minimum absolute atomic E-state index is 0.295. The van der Waals surface area contributed by atoms with Crippen molar-refractivity contribution >= 4 is 11.6 Å². The molecule has 0 saturated heterocycles. The van der Waals surface area contributed by atoms with Crippen LogP contribution in [0.3, 0.4) is 0 Å². The Bertz CT molecular complexity index is 443. The van der Waals surface area contributed by atoms with Gasteiger partial charge in [0.15, 0.2) is 0 Å². The third-order valence-electron chi connectivity index (χ3n) is 3.75. The molecule has 0 bridgehead atoms. The van der Waals surface area contributed by atoms with Crippen LogP contribution in [-0.2, 0) is 12.8 Å². The van der Waals surface area contributed by atoms with Crippen LogP contribution in [0.2, 0.25) is 5.02 Å². The lowest BCUT2D eigenvalue weighted by Gasteiger charge is -2.25. The molecule has 0 unspecified atom stereocenters. The standard InChI is InChI=1S/C16H24ClNO/c1-4-18-11-16(2,3)7-5-12-9-14(17)10-13-6-8-19-15(12)13/h9-10,18H,4-8,11H2,1-3H3. The zero-order chi connectivity index (χ0) is 13.9. The number of halogens is 1. The molecule has 19 heavy (non-hydrogen) atoms. The van der Waals surface area contributed by atoms with Crippen molar-refractivity contribution in [1.82, 2.24) is 5.32 Å². The molecule has 1 N–H and O–H groups in total. The topological polar surface area (TPSA) is 21.3 Å². The van der Waals surface area contributed by atoms with Crippen molar-refractivity contribution in [1.29, 1.82) is 0 Å². The largest absolute Gasteiger partial charge is 0.493 e. The van der Waals surface area contributed by atoms with Gasteiger partial charge < -0.3 is 10.1 Å². The van der Waals surface area contributed by atoms with E-state index in [1.54, 1.807) is 0 Å². The SMILES string of the molecule is CCNCC(C)(C)CCc1cc(Cl)cc2c1OCC2. The summed E-state index contributed by atoms with van der Waals surface area (Å²) < 4.78 is 5.76. The first kappa shape index (κ1) is 14.7. The van der Waals surface area contributed by atoms with Crippen molar-refractivity contribution in [2.24, 2.45) is 5.41 Å². The van der Waals surface area contributed by atoms with E-state index in [4.69, 9.17) is 16.3 Å². The Kier molecular flexibility index (Phi) is 4.75. The number of rotatable bonds is 6. The minimum Gasteiger partial charge on any atom is -0.493 e. The highest BCUT2D eigenvalue weighted by Crippen LogP contribution is 2.35. The van der Waals surface area contributed by atoms with Gasteiger partial charge in [0, 0.05) is 18.0 Å². The highest BCUT2D eigenvalue weighted by Gasteiger charge is 2.21. The molecule has 1 heterocycles. The van der Waals surface area contributed by atoms with E-state index in [-0.39, 0.29) is 0 Å².